The number of halogens is 1. The van der Waals surface area contributed by atoms with Crippen molar-refractivity contribution >= 4 is 15.9 Å². The molecule has 2 aromatic rings. The van der Waals surface area contributed by atoms with E-state index in [4.69, 9.17) is 4.74 Å². The second-order valence-corrected chi connectivity index (χ2v) is 10.2. The first-order valence-corrected chi connectivity index (χ1v) is 11.9. The lowest BCUT2D eigenvalue weighted by atomic mass is 10.0. The van der Waals surface area contributed by atoms with E-state index in [1.807, 2.05) is 6.92 Å². The highest BCUT2D eigenvalue weighted by Gasteiger charge is 2.38. The quantitative estimate of drug-likeness (QED) is 0.735. The molecule has 1 heterocycles. The smallest absolute Gasteiger partial charge is 0.247 e. The van der Waals surface area contributed by atoms with Crippen LogP contribution in [0, 0.1) is 11.7 Å². The first-order valence-electron chi connectivity index (χ1n) is 10.5. The van der Waals surface area contributed by atoms with Crippen molar-refractivity contribution in [3.05, 3.63) is 48.3 Å². The van der Waals surface area contributed by atoms with Crippen molar-refractivity contribution in [2.24, 2.45) is 5.92 Å². The van der Waals surface area contributed by atoms with E-state index in [1.54, 1.807) is 38.2 Å². The van der Waals surface area contributed by atoms with Gasteiger partial charge in [-0.2, -0.15) is 4.31 Å². The molecule has 0 bridgehead atoms. The fourth-order valence-corrected chi connectivity index (χ4v) is 5.52. The fourth-order valence-electron chi connectivity index (χ4n) is 3.69. The van der Waals surface area contributed by atoms with Crippen LogP contribution < -0.4 is 4.74 Å². The minimum Gasteiger partial charge on any atom is -0.487 e. The standard InChI is InChI=1S/C23H29FN2O5S/c1-15-12-26(16(2)14-27)32(29,30)23-9-8-19(18-6-5-7-20(24)10-18)11-21(23)31-22(15)13-25(4)17(3)28/h5-11,15-16,22,27H,12-14H2,1-4H3/t15-,16-,22+/m1/s1. The number of hydrogen-bond acceptors (Lipinski definition) is 5. The summed E-state index contributed by atoms with van der Waals surface area (Å²) in [5.74, 6) is -0.674. The summed E-state index contributed by atoms with van der Waals surface area (Å²) >= 11 is 0. The molecule has 0 saturated carbocycles. The molecular formula is C23H29FN2O5S. The van der Waals surface area contributed by atoms with Gasteiger partial charge < -0.3 is 14.7 Å². The van der Waals surface area contributed by atoms with Crippen molar-refractivity contribution in [1.82, 2.24) is 9.21 Å². The summed E-state index contributed by atoms with van der Waals surface area (Å²) in [6.07, 6.45) is -0.491. The predicted octanol–water partition coefficient (Wildman–Crippen LogP) is 2.74. The average Bonchev–Trinajstić information content (AvgIpc) is 2.75. The summed E-state index contributed by atoms with van der Waals surface area (Å²) in [5.41, 5.74) is 1.19. The molecular weight excluding hydrogens is 435 g/mol. The van der Waals surface area contributed by atoms with Gasteiger partial charge in [0.1, 0.15) is 22.6 Å². The van der Waals surface area contributed by atoms with Gasteiger partial charge in [-0.15, -0.1) is 0 Å². The average molecular weight is 465 g/mol. The molecule has 0 radical (unpaired) electrons. The Labute approximate surface area is 188 Å². The number of likely N-dealkylation sites (N-methyl/N-ethyl adjacent to an activating group) is 1. The van der Waals surface area contributed by atoms with Crippen LogP contribution in [0.25, 0.3) is 11.1 Å². The summed E-state index contributed by atoms with van der Waals surface area (Å²) < 4.78 is 48.2. The van der Waals surface area contributed by atoms with Crippen LogP contribution in [0.2, 0.25) is 0 Å². The third-order valence-electron chi connectivity index (χ3n) is 5.82. The summed E-state index contributed by atoms with van der Waals surface area (Å²) in [7, 11) is -2.31. The molecule has 1 aliphatic rings. The van der Waals surface area contributed by atoms with Gasteiger partial charge in [0, 0.05) is 32.5 Å². The van der Waals surface area contributed by atoms with Gasteiger partial charge in [-0.25, -0.2) is 12.8 Å². The molecule has 1 amide bonds. The molecule has 174 valence electrons. The van der Waals surface area contributed by atoms with Crippen LogP contribution in [0.5, 0.6) is 5.75 Å². The number of hydrogen-bond donors (Lipinski definition) is 1. The van der Waals surface area contributed by atoms with Gasteiger partial charge >= 0.3 is 0 Å². The first-order chi connectivity index (χ1) is 15.0. The number of aliphatic hydroxyl groups excluding tert-OH is 1. The minimum atomic E-state index is -3.97. The van der Waals surface area contributed by atoms with Crippen LogP contribution in [0.4, 0.5) is 4.39 Å². The highest BCUT2D eigenvalue weighted by molar-refractivity contribution is 7.89. The Balaban J connectivity index is 2.14. The highest BCUT2D eigenvalue weighted by Crippen LogP contribution is 2.36. The molecule has 3 rings (SSSR count). The van der Waals surface area contributed by atoms with Crippen LogP contribution in [0.3, 0.4) is 0 Å². The van der Waals surface area contributed by atoms with Crippen molar-refractivity contribution < 1.29 is 27.4 Å². The zero-order chi connectivity index (χ0) is 23.6. The number of amides is 1. The Bertz CT molecular complexity index is 1090. The molecule has 0 aliphatic carbocycles. The largest absolute Gasteiger partial charge is 0.487 e. The van der Waals surface area contributed by atoms with E-state index in [1.165, 1.54) is 34.3 Å². The highest BCUT2D eigenvalue weighted by atomic mass is 32.2. The summed E-state index contributed by atoms with van der Waals surface area (Å²) in [5, 5.41) is 9.69. The number of carbonyl (C=O) groups is 1. The Kier molecular flexibility index (Phi) is 7.22. The van der Waals surface area contributed by atoms with E-state index >= 15 is 0 Å². The Hall–Kier alpha value is -2.49. The zero-order valence-corrected chi connectivity index (χ0v) is 19.5. The van der Waals surface area contributed by atoms with Crippen LogP contribution in [-0.2, 0) is 14.8 Å². The van der Waals surface area contributed by atoms with Gasteiger partial charge in [-0.1, -0.05) is 25.1 Å². The zero-order valence-electron chi connectivity index (χ0n) is 18.7. The molecule has 0 unspecified atom stereocenters. The molecule has 0 saturated heterocycles. The second kappa shape index (κ2) is 9.56. The maximum absolute atomic E-state index is 13.8. The normalized spacial score (nSPS) is 21.6. The van der Waals surface area contributed by atoms with E-state index in [0.29, 0.717) is 11.1 Å². The van der Waals surface area contributed by atoms with E-state index in [0.717, 1.165) is 0 Å². The van der Waals surface area contributed by atoms with Gasteiger partial charge in [0.25, 0.3) is 0 Å². The maximum Gasteiger partial charge on any atom is 0.247 e. The van der Waals surface area contributed by atoms with Crippen molar-refractivity contribution in [2.75, 3.05) is 26.7 Å². The lowest BCUT2D eigenvalue weighted by molar-refractivity contribution is -0.129. The summed E-state index contributed by atoms with van der Waals surface area (Å²) in [4.78, 5) is 13.3. The van der Waals surface area contributed by atoms with Crippen LogP contribution in [0.15, 0.2) is 47.4 Å². The first kappa shape index (κ1) is 24.2. The molecule has 0 fully saturated rings. The molecule has 1 aliphatic heterocycles. The Morgan fingerprint density at radius 3 is 2.59 bits per heavy atom. The summed E-state index contributed by atoms with van der Waals surface area (Å²) in [6, 6.07) is 10.0. The third kappa shape index (κ3) is 4.95. The lowest BCUT2D eigenvalue weighted by Gasteiger charge is -2.37. The van der Waals surface area contributed by atoms with Crippen molar-refractivity contribution in [1.29, 1.82) is 0 Å². The number of sulfonamides is 1. The molecule has 7 nitrogen and oxygen atoms in total. The van der Waals surface area contributed by atoms with Crippen LogP contribution in [0.1, 0.15) is 20.8 Å². The second-order valence-electron chi connectivity index (χ2n) is 8.31. The number of ether oxygens (including phenoxy) is 1. The Morgan fingerprint density at radius 2 is 1.97 bits per heavy atom. The van der Waals surface area contributed by atoms with Gasteiger partial charge in [0.15, 0.2) is 0 Å². The van der Waals surface area contributed by atoms with E-state index in [2.05, 4.69) is 0 Å². The number of rotatable bonds is 5. The van der Waals surface area contributed by atoms with Crippen molar-refractivity contribution in [3.8, 4) is 16.9 Å². The SMILES string of the molecule is CC(=O)N(C)C[C@@H]1Oc2cc(-c3cccc(F)c3)ccc2S(=O)(=O)N([C@H](C)CO)C[C@H]1C. The molecule has 1 N–H and O–H groups in total. The van der Waals surface area contributed by atoms with Gasteiger partial charge in [0.05, 0.1) is 13.2 Å². The number of benzene rings is 2. The van der Waals surface area contributed by atoms with Crippen molar-refractivity contribution in [3.63, 3.8) is 0 Å². The van der Waals surface area contributed by atoms with E-state index < -0.39 is 28.0 Å². The summed E-state index contributed by atoms with van der Waals surface area (Å²) in [6.45, 7) is 5.01. The van der Waals surface area contributed by atoms with Gasteiger partial charge in [-0.05, 0) is 42.3 Å². The number of aliphatic hydroxyl groups is 1. The molecule has 2 aromatic carbocycles. The number of carbonyl (C=O) groups excluding carboxylic acids is 1. The maximum atomic E-state index is 13.8. The van der Waals surface area contributed by atoms with Crippen molar-refractivity contribution in [2.45, 2.75) is 37.8 Å². The van der Waals surface area contributed by atoms with Gasteiger partial charge in [-0.3, -0.25) is 4.79 Å². The van der Waals surface area contributed by atoms with E-state index in [-0.39, 0.29) is 42.2 Å². The molecule has 32 heavy (non-hydrogen) atoms. The van der Waals surface area contributed by atoms with Crippen LogP contribution >= 0.6 is 0 Å². The number of fused-ring (bicyclic) bond motifs is 1. The third-order valence-corrected chi connectivity index (χ3v) is 7.84. The lowest BCUT2D eigenvalue weighted by Crippen LogP contribution is -2.50. The molecule has 3 atom stereocenters. The Morgan fingerprint density at radius 1 is 1.28 bits per heavy atom. The minimum absolute atomic E-state index is 0.0275. The number of nitrogens with zero attached hydrogens (tertiary/aromatic N) is 2. The topological polar surface area (TPSA) is 87.2 Å². The molecule has 9 heteroatoms. The molecule has 0 aromatic heterocycles. The van der Waals surface area contributed by atoms with Gasteiger partial charge in [0.2, 0.25) is 15.9 Å². The predicted molar refractivity (Wildman–Crippen MR) is 119 cm³/mol. The molecule has 0 spiro atoms. The van der Waals surface area contributed by atoms with E-state index in [9.17, 15) is 22.7 Å². The monoisotopic (exact) mass is 464 g/mol. The van der Waals surface area contributed by atoms with Crippen LogP contribution in [-0.4, -0.2) is 67.5 Å². The fraction of sp³-hybridized carbons (Fsp3) is 0.435.